The Morgan fingerprint density at radius 3 is 2.24 bits per heavy atom. The molecular formula is C15H23NaO4S. The second-order valence-electron chi connectivity index (χ2n) is 5.25. The van der Waals surface area contributed by atoms with Crippen molar-refractivity contribution in [3.8, 4) is 0 Å². The van der Waals surface area contributed by atoms with Crippen molar-refractivity contribution in [2.24, 2.45) is 5.92 Å². The maximum absolute atomic E-state index is 11.9. The summed E-state index contributed by atoms with van der Waals surface area (Å²) in [5.41, 5.74) is 0. The third-order valence-corrected chi connectivity index (χ3v) is 4.43. The molecule has 1 rings (SSSR count). The van der Waals surface area contributed by atoms with E-state index in [0.29, 0.717) is 6.42 Å². The number of carbonyl (C=O) groups is 1. The van der Waals surface area contributed by atoms with Crippen LogP contribution in [0.3, 0.4) is 0 Å². The largest absolute Gasteiger partial charge is 1.00 e. The number of unbranched alkanes of at least 4 members (excludes halogenated alkanes) is 6. The molecule has 0 aliphatic heterocycles. The number of carbonyl (C=O) groups excluding carboxylic acids is 1. The van der Waals surface area contributed by atoms with E-state index in [1.807, 2.05) is 0 Å². The number of ketones is 1. The fourth-order valence-electron chi connectivity index (χ4n) is 2.38. The van der Waals surface area contributed by atoms with Gasteiger partial charge in [-0.1, -0.05) is 64.0 Å². The van der Waals surface area contributed by atoms with Crippen molar-refractivity contribution in [1.82, 2.24) is 0 Å². The summed E-state index contributed by atoms with van der Waals surface area (Å²) >= 11 is 0. The number of rotatable bonds is 9. The molecule has 0 saturated heterocycles. The van der Waals surface area contributed by atoms with E-state index in [1.54, 1.807) is 6.08 Å². The monoisotopic (exact) mass is 322 g/mol. The van der Waals surface area contributed by atoms with Gasteiger partial charge in [-0.25, -0.2) is 8.42 Å². The topological polar surface area (TPSA) is 74.3 Å². The molecule has 0 aromatic heterocycles. The molecule has 0 spiro atoms. The molecule has 0 fully saturated rings. The Balaban J connectivity index is 0.00000400. The van der Waals surface area contributed by atoms with Gasteiger partial charge in [-0.05, 0) is 12.5 Å². The third kappa shape index (κ3) is 7.75. The van der Waals surface area contributed by atoms with Crippen LogP contribution in [0.1, 0.15) is 58.3 Å². The molecule has 114 valence electrons. The molecule has 0 amide bonds. The molecule has 1 atom stereocenters. The predicted molar refractivity (Wildman–Crippen MR) is 78.0 cm³/mol. The van der Waals surface area contributed by atoms with Gasteiger partial charge in [0.05, 0.1) is 4.91 Å². The third-order valence-electron chi connectivity index (χ3n) is 3.56. The minimum absolute atomic E-state index is 0. The Morgan fingerprint density at radius 1 is 1.10 bits per heavy atom. The summed E-state index contributed by atoms with van der Waals surface area (Å²) in [6.07, 6.45) is 12.9. The molecule has 6 heteroatoms. The fraction of sp³-hybridized carbons (Fsp3) is 0.667. The van der Waals surface area contributed by atoms with Crippen LogP contribution in [0.2, 0.25) is 0 Å². The molecule has 1 unspecified atom stereocenters. The number of allylic oxidation sites excluding steroid dienone is 4. The first-order valence-corrected chi connectivity index (χ1v) is 8.76. The molecule has 0 N–H and O–H groups in total. The van der Waals surface area contributed by atoms with E-state index in [0.717, 1.165) is 25.3 Å². The van der Waals surface area contributed by atoms with E-state index < -0.39 is 26.7 Å². The first-order valence-electron chi connectivity index (χ1n) is 7.35. The van der Waals surface area contributed by atoms with E-state index in [9.17, 15) is 17.8 Å². The van der Waals surface area contributed by atoms with Gasteiger partial charge in [-0.2, -0.15) is 0 Å². The van der Waals surface area contributed by atoms with Crippen molar-refractivity contribution in [1.29, 1.82) is 0 Å². The summed E-state index contributed by atoms with van der Waals surface area (Å²) in [5.74, 6) is -0.997. The zero-order valence-corrected chi connectivity index (χ0v) is 15.8. The predicted octanol–water partition coefficient (Wildman–Crippen LogP) is 0.315. The van der Waals surface area contributed by atoms with E-state index >= 15 is 0 Å². The zero-order chi connectivity index (χ0) is 15.0. The van der Waals surface area contributed by atoms with E-state index in [2.05, 4.69) is 6.92 Å². The summed E-state index contributed by atoms with van der Waals surface area (Å²) < 4.78 is 32.8. The van der Waals surface area contributed by atoms with Crippen LogP contribution < -0.4 is 29.6 Å². The Bertz CT molecular complexity index is 480. The normalized spacial score (nSPS) is 18.3. The van der Waals surface area contributed by atoms with Gasteiger partial charge in [-0.15, -0.1) is 0 Å². The van der Waals surface area contributed by atoms with Crippen molar-refractivity contribution in [3.63, 3.8) is 0 Å². The summed E-state index contributed by atoms with van der Waals surface area (Å²) in [6.45, 7) is 2.18. The first kappa shape index (κ1) is 21.1. The van der Waals surface area contributed by atoms with Gasteiger partial charge in [0.1, 0.15) is 10.1 Å². The average Bonchev–Trinajstić information content (AvgIpc) is 2.38. The molecule has 1 aliphatic rings. The Kier molecular flexibility index (Phi) is 10.8. The molecule has 0 aromatic carbocycles. The van der Waals surface area contributed by atoms with Crippen molar-refractivity contribution in [3.05, 3.63) is 23.1 Å². The Labute approximate surface area is 150 Å². The van der Waals surface area contributed by atoms with Crippen molar-refractivity contribution in [2.75, 3.05) is 0 Å². The second-order valence-corrected chi connectivity index (χ2v) is 6.60. The second kappa shape index (κ2) is 10.7. The smallest absolute Gasteiger partial charge is 0.744 e. The SMILES string of the molecule is CCCCCCCCCC1C=CC=C(S(=O)(=O)[O-])C1=O.[Na+]. The van der Waals surface area contributed by atoms with Crippen LogP contribution in [-0.4, -0.2) is 18.8 Å². The van der Waals surface area contributed by atoms with Crippen LogP contribution in [0.5, 0.6) is 0 Å². The maximum Gasteiger partial charge on any atom is 1.00 e. The first-order chi connectivity index (χ1) is 9.46. The molecule has 0 bridgehead atoms. The molecule has 0 saturated carbocycles. The van der Waals surface area contributed by atoms with Crippen LogP contribution in [0.15, 0.2) is 23.1 Å². The maximum atomic E-state index is 11.9. The Hall–Kier alpha value is 0.0600. The van der Waals surface area contributed by atoms with Crippen LogP contribution in [0.4, 0.5) is 0 Å². The molecule has 0 aromatic rings. The van der Waals surface area contributed by atoms with Crippen molar-refractivity contribution in [2.45, 2.75) is 58.3 Å². The number of hydrogen-bond donors (Lipinski definition) is 0. The molecule has 0 radical (unpaired) electrons. The van der Waals surface area contributed by atoms with E-state index in [-0.39, 0.29) is 29.6 Å². The van der Waals surface area contributed by atoms with Crippen LogP contribution in [-0.2, 0) is 14.9 Å². The van der Waals surface area contributed by atoms with Crippen LogP contribution in [0, 0.1) is 5.92 Å². The quantitative estimate of drug-likeness (QED) is 0.348. The summed E-state index contributed by atoms with van der Waals surface area (Å²) in [4.78, 5) is 11.3. The molecule has 1 aliphatic carbocycles. The van der Waals surface area contributed by atoms with Gasteiger partial charge in [0.25, 0.3) is 0 Å². The van der Waals surface area contributed by atoms with Gasteiger partial charge in [0.2, 0.25) is 0 Å². The Morgan fingerprint density at radius 2 is 1.67 bits per heavy atom. The van der Waals surface area contributed by atoms with Gasteiger partial charge in [0, 0.05) is 5.92 Å². The number of hydrogen-bond acceptors (Lipinski definition) is 4. The average molecular weight is 322 g/mol. The summed E-state index contributed by atoms with van der Waals surface area (Å²) in [6, 6.07) is 0. The van der Waals surface area contributed by atoms with E-state index in [4.69, 9.17) is 0 Å². The number of Topliss-reactive ketones (excluding diaryl/α,β-unsaturated/α-hetero) is 1. The van der Waals surface area contributed by atoms with Crippen LogP contribution in [0.25, 0.3) is 0 Å². The van der Waals surface area contributed by atoms with Gasteiger partial charge < -0.3 is 4.55 Å². The summed E-state index contributed by atoms with van der Waals surface area (Å²) in [5, 5.41) is 0. The fourth-order valence-corrected chi connectivity index (χ4v) is 3.03. The standard InChI is InChI=1S/C15H24O4S.Na/c1-2-3-4-5-6-7-8-10-13-11-9-12-14(15(13)16)20(17,18)19;/h9,11-13H,2-8,10H2,1H3,(H,17,18,19);/q;+1/p-1. The minimum Gasteiger partial charge on any atom is -0.744 e. The molecule has 21 heavy (non-hydrogen) atoms. The minimum atomic E-state index is -4.64. The van der Waals surface area contributed by atoms with Crippen molar-refractivity contribution >= 4 is 15.9 Å². The van der Waals surface area contributed by atoms with E-state index in [1.165, 1.54) is 31.8 Å². The molecular weight excluding hydrogens is 299 g/mol. The van der Waals surface area contributed by atoms with Crippen molar-refractivity contribution < 1.29 is 47.3 Å². The van der Waals surface area contributed by atoms with Gasteiger partial charge in [-0.3, -0.25) is 4.79 Å². The van der Waals surface area contributed by atoms with Gasteiger partial charge in [0.15, 0.2) is 5.78 Å². The van der Waals surface area contributed by atoms with Crippen LogP contribution >= 0.6 is 0 Å². The van der Waals surface area contributed by atoms with Gasteiger partial charge >= 0.3 is 29.6 Å². The summed E-state index contributed by atoms with van der Waals surface area (Å²) in [7, 11) is -4.64. The zero-order valence-electron chi connectivity index (χ0n) is 13.0. The molecule has 4 nitrogen and oxygen atoms in total. The molecule has 0 heterocycles.